The molecule has 3 nitrogen and oxygen atoms in total. The fourth-order valence-corrected chi connectivity index (χ4v) is 3.20. The molecule has 0 radical (unpaired) electrons. The van der Waals surface area contributed by atoms with Crippen LogP contribution in [0.25, 0.3) is 0 Å². The molecule has 1 atom stereocenters. The predicted molar refractivity (Wildman–Crippen MR) is 71.1 cm³/mol. The van der Waals surface area contributed by atoms with Crippen LogP contribution in [0.2, 0.25) is 0 Å². The zero-order valence-corrected chi connectivity index (χ0v) is 11.3. The van der Waals surface area contributed by atoms with Crippen LogP contribution in [0.15, 0.2) is 16.8 Å². The average Bonchev–Trinajstić information content (AvgIpc) is 2.99. The van der Waals surface area contributed by atoms with E-state index in [2.05, 4.69) is 29.1 Å². The first-order chi connectivity index (χ1) is 8.18. The molecule has 17 heavy (non-hydrogen) atoms. The van der Waals surface area contributed by atoms with Gasteiger partial charge in [0.2, 0.25) is 5.91 Å². The van der Waals surface area contributed by atoms with Crippen LogP contribution in [0.3, 0.4) is 0 Å². The Morgan fingerprint density at radius 3 is 3.00 bits per heavy atom. The number of hydrogen-bond acceptors (Lipinski definition) is 3. The van der Waals surface area contributed by atoms with Crippen molar-refractivity contribution in [2.45, 2.75) is 38.3 Å². The van der Waals surface area contributed by atoms with E-state index < -0.39 is 0 Å². The minimum absolute atomic E-state index is 0.240. The highest BCUT2D eigenvalue weighted by Crippen LogP contribution is 2.25. The van der Waals surface area contributed by atoms with Crippen LogP contribution >= 0.6 is 11.3 Å². The third-order valence-electron chi connectivity index (χ3n) is 3.60. The van der Waals surface area contributed by atoms with E-state index in [4.69, 9.17) is 0 Å². The third-order valence-corrected chi connectivity index (χ3v) is 4.34. The van der Waals surface area contributed by atoms with E-state index in [1.54, 1.807) is 11.3 Å². The lowest BCUT2D eigenvalue weighted by Crippen LogP contribution is -2.53. The van der Waals surface area contributed by atoms with Gasteiger partial charge in [-0.25, -0.2) is 0 Å². The summed E-state index contributed by atoms with van der Waals surface area (Å²) in [7, 11) is 1.90. The van der Waals surface area contributed by atoms with Crippen molar-refractivity contribution >= 4 is 17.2 Å². The van der Waals surface area contributed by atoms with Gasteiger partial charge in [0.1, 0.15) is 0 Å². The third kappa shape index (κ3) is 2.53. The number of nitrogens with zero attached hydrogens (tertiary/aromatic N) is 1. The zero-order valence-electron chi connectivity index (χ0n) is 10.5. The molecular formula is C13H20N2OS. The van der Waals surface area contributed by atoms with Gasteiger partial charge in [-0.15, -0.1) is 0 Å². The van der Waals surface area contributed by atoms with Gasteiger partial charge in [0, 0.05) is 13.6 Å². The minimum atomic E-state index is -0.301. The first-order valence-corrected chi connectivity index (χ1v) is 7.14. The Bertz CT molecular complexity index is 369. The molecule has 1 aromatic rings. The van der Waals surface area contributed by atoms with E-state index in [9.17, 15) is 4.79 Å². The summed E-state index contributed by atoms with van der Waals surface area (Å²) in [5.74, 6) is 0.240. The molecule has 94 valence electrons. The maximum atomic E-state index is 12.5. The Morgan fingerprint density at radius 1 is 1.65 bits per heavy atom. The van der Waals surface area contributed by atoms with Gasteiger partial charge in [0.25, 0.3) is 0 Å². The Morgan fingerprint density at radius 2 is 2.47 bits per heavy atom. The Hall–Kier alpha value is -0.870. The quantitative estimate of drug-likeness (QED) is 0.891. The summed E-state index contributed by atoms with van der Waals surface area (Å²) in [6, 6.07) is 2.08. The summed E-state index contributed by atoms with van der Waals surface area (Å²) < 4.78 is 0. The lowest BCUT2D eigenvalue weighted by Gasteiger charge is -2.31. The standard InChI is InChI=1S/C13H20N2OS/c1-3-13(6-4-7-14-13)12(16)15(2)9-11-5-8-17-10-11/h5,8,10,14H,3-4,6-7,9H2,1-2H3. The molecule has 4 heteroatoms. The van der Waals surface area contributed by atoms with Crippen molar-refractivity contribution in [1.82, 2.24) is 10.2 Å². The van der Waals surface area contributed by atoms with Crippen molar-refractivity contribution in [1.29, 1.82) is 0 Å². The molecule has 1 aliphatic heterocycles. The van der Waals surface area contributed by atoms with Gasteiger partial charge in [-0.2, -0.15) is 11.3 Å². The Labute approximate surface area is 107 Å². The van der Waals surface area contributed by atoms with Crippen LogP contribution in [-0.2, 0) is 11.3 Å². The maximum absolute atomic E-state index is 12.5. The number of nitrogens with one attached hydrogen (secondary N) is 1. The number of thiophene rings is 1. The number of rotatable bonds is 4. The van der Waals surface area contributed by atoms with E-state index in [1.165, 1.54) is 5.56 Å². The molecule has 1 N–H and O–H groups in total. The smallest absolute Gasteiger partial charge is 0.242 e. The van der Waals surface area contributed by atoms with Crippen molar-refractivity contribution in [3.05, 3.63) is 22.4 Å². The summed E-state index contributed by atoms with van der Waals surface area (Å²) in [6.45, 7) is 3.77. The van der Waals surface area contributed by atoms with Gasteiger partial charge >= 0.3 is 0 Å². The average molecular weight is 252 g/mol. The van der Waals surface area contributed by atoms with Crippen LogP contribution in [0, 0.1) is 0 Å². The maximum Gasteiger partial charge on any atom is 0.242 e. The Balaban J connectivity index is 2.03. The fraction of sp³-hybridized carbons (Fsp3) is 0.615. The summed E-state index contributed by atoms with van der Waals surface area (Å²) in [6.07, 6.45) is 2.95. The molecule has 0 aliphatic carbocycles. The molecule has 2 heterocycles. The van der Waals surface area contributed by atoms with E-state index in [-0.39, 0.29) is 11.4 Å². The molecule has 1 fully saturated rings. The van der Waals surface area contributed by atoms with Crippen molar-refractivity contribution in [2.24, 2.45) is 0 Å². The topological polar surface area (TPSA) is 32.3 Å². The molecule has 1 aliphatic rings. The van der Waals surface area contributed by atoms with Gasteiger partial charge in [0.15, 0.2) is 0 Å². The molecule has 0 spiro atoms. The minimum Gasteiger partial charge on any atom is -0.340 e. The highest BCUT2D eigenvalue weighted by molar-refractivity contribution is 7.07. The highest BCUT2D eigenvalue weighted by Gasteiger charge is 2.40. The van der Waals surface area contributed by atoms with Crippen molar-refractivity contribution < 1.29 is 4.79 Å². The molecule has 1 amide bonds. The predicted octanol–water partition coefficient (Wildman–Crippen LogP) is 2.24. The van der Waals surface area contributed by atoms with Crippen molar-refractivity contribution in [3.63, 3.8) is 0 Å². The van der Waals surface area contributed by atoms with E-state index >= 15 is 0 Å². The molecule has 1 saturated heterocycles. The van der Waals surface area contributed by atoms with Crippen LogP contribution in [0.1, 0.15) is 31.7 Å². The second-order valence-electron chi connectivity index (χ2n) is 4.76. The molecule has 1 aromatic heterocycles. The van der Waals surface area contributed by atoms with Gasteiger partial charge < -0.3 is 10.2 Å². The van der Waals surface area contributed by atoms with Crippen LogP contribution in [-0.4, -0.2) is 29.9 Å². The first-order valence-electron chi connectivity index (χ1n) is 6.19. The van der Waals surface area contributed by atoms with Crippen molar-refractivity contribution in [3.8, 4) is 0 Å². The Kier molecular flexibility index (Phi) is 3.84. The molecular weight excluding hydrogens is 232 g/mol. The zero-order chi connectivity index (χ0) is 12.3. The summed E-state index contributed by atoms with van der Waals surface area (Å²) in [4.78, 5) is 14.3. The monoisotopic (exact) mass is 252 g/mol. The molecule has 0 aromatic carbocycles. The van der Waals surface area contributed by atoms with Gasteiger partial charge in [-0.3, -0.25) is 4.79 Å². The largest absolute Gasteiger partial charge is 0.340 e. The van der Waals surface area contributed by atoms with E-state index in [1.807, 2.05) is 11.9 Å². The van der Waals surface area contributed by atoms with E-state index in [0.29, 0.717) is 6.54 Å². The normalized spacial score (nSPS) is 23.9. The number of likely N-dealkylation sites (N-methyl/N-ethyl adjacent to an activating group) is 1. The summed E-state index contributed by atoms with van der Waals surface area (Å²) in [5.41, 5.74) is 0.917. The number of hydrogen-bond donors (Lipinski definition) is 1. The fourth-order valence-electron chi connectivity index (χ4n) is 2.54. The van der Waals surface area contributed by atoms with Gasteiger partial charge in [0.05, 0.1) is 5.54 Å². The molecule has 0 saturated carbocycles. The first kappa shape index (κ1) is 12.6. The van der Waals surface area contributed by atoms with E-state index in [0.717, 1.165) is 25.8 Å². The van der Waals surface area contributed by atoms with Crippen molar-refractivity contribution in [2.75, 3.05) is 13.6 Å². The molecule has 1 unspecified atom stereocenters. The van der Waals surface area contributed by atoms with Crippen LogP contribution in [0.5, 0.6) is 0 Å². The second kappa shape index (κ2) is 5.19. The second-order valence-corrected chi connectivity index (χ2v) is 5.54. The number of carbonyl (C=O) groups excluding carboxylic acids is 1. The summed E-state index contributed by atoms with van der Waals surface area (Å²) in [5, 5.41) is 7.55. The van der Waals surface area contributed by atoms with Gasteiger partial charge in [-0.05, 0) is 48.2 Å². The molecule has 2 rings (SSSR count). The molecule has 0 bridgehead atoms. The lowest BCUT2D eigenvalue weighted by molar-refractivity contribution is -0.137. The number of amides is 1. The SMILES string of the molecule is CCC1(C(=O)N(C)Cc2ccsc2)CCCN1. The van der Waals surface area contributed by atoms with Gasteiger partial charge in [-0.1, -0.05) is 6.92 Å². The van der Waals surface area contributed by atoms with Crippen LogP contribution < -0.4 is 5.32 Å². The number of carbonyl (C=O) groups is 1. The summed E-state index contributed by atoms with van der Waals surface area (Å²) >= 11 is 1.68. The highest BCUT2D eigenvalue weighted by atomic mass is 32.1. The lowest BCUT2D eigenvalue weighted by atomic mass is 9.92. The van der Waals surface area contributed by atoms with Crippen LogP contribution in [0.4, 0.5) is 0 Å².